The van der Waals surface area contributed by atoms with E-state index in [9.17, 15) is 9.90 Å². The van der Waals surface area contributed by atoms with Crippen LogP contribution >= 0.6 is 0 Å². The van der Waals surface area contributed by atoms with Crippen molar-refractivity contribution in [2.45, 2.75) is 25.4 Å². The molecular formula is C13H16N2O2. The van der Waals surface area contributed by atoms with Crippen molar-refractivity contribution in [2.75, 3.05) is 18.0 Å². The molecule has 2 heterocycles. The predicted octanol–water partition coefficient (Wildman–Crippen LogP) is 0.514. The lowest BCUT2D eigenvalue weighted by Gasteiger charge is -2.26. The van der Waals surface area contributed by atoms with Gasteiger partial charge in [-0.2, -0.15) is 0 Å². The summed E-state index contributed by atoms with van der Waals surface area (Å²) in [5, 5.41) is 9.81. The van der Waals surface area contributed by atoms with E-state index in [2.05, 4.69) is 0 Å². The van der Waals surface area contributed by atoms with E-state index in [0.717, 1.165) is 36.2 Å². The van der Waals surface area contributed by atoms with E-state index in [0.29, 0.717) is 6.42 Å². The Morgan fingerprint density at radius 2 is 2.18 bits per heavy atom. The Hall–Kier alpha value is -1.39. The number of carbonyl (C=O) groups is 1. The molecule has 0 saturated heterocycles. The highest BCUT2D eigenvalue weighted by molar-refractivity contribution is 6.02. The number of nitrogens with zero attached hydrogens (tertiary/aromatic N) is 1. The van der Waals surface area contributed by atoms with Gasteiger partial charge in [0.2, 0.25) is 5.91 Å². The maximum absolute atomic E-state index is 11.8. The zero-order valence-corrected chi connectivity index (χ0v) is 9.65. The normalized spacial score (nSPS) is 19.4. The molecule has 0 fully saturated rings. The number of anilines is 1. The third-order valence-corrected chi connectivity index (χ3v) is 3.64. The van der Waals surface area contributed by atoms with E-state index in [1.807, 2.05) is 17.0 Å². The third-order valence-electron chi connectivity index (χ3n) is 3.64. The lowest BCUT2D eigenvalue weighted by Crippen LogP contribution is -2.31. The largest absolute Gasteiger partial charge is 0.387 e. The number of hydrogen-bond acceptors (Lipinski definition) is 3. The standard InChI is InChI=1S/C13H16N2O2/c14-7-11(16)9-4-8-2-1-3-15-12(17)6-10(5-9)13(8)15/h4-5,11,16H,1-3,6-7,14H2. The Morgan fingerprint density at radius 3 is 2.94 bits per heavy atom. The monoisotopic (exact) mass is 232 g/mol. The second kappa shape index (κ2) is 3.82. The zero-order chi connectivity index (χ0) is 12.0. The van der Waals surface area contributed by atoms with Gasteiger partial charge in [-0.05, 0) is 29.5 Å². The van der Waals surface area contributed by atoms with Crippen LogP contribution in [0.25, 0.3) is 0 Å². The number of rotatable bonds is 2. The van der Waals surface area contributed by atoms with Gasteiger partial charge in [-0.1, -0.05) is 12.1 Å². The van der Waals surface area contributed by atoms with E-state index >= 15 is 0 Å². The maximum Gasteiger partial charge on any atom is 0.231 e. The van der Waals surface area contributed by atoms with Gasteiger partial charge in [0, 0.05) is 13.1 Å². The first kappa shape index (κ1) is 10.7. The minimum Gasteiger partial charge on any atom is -0.387 e. The average Bonchev–Trinajstić information content (AvgIpc) is 2.67. The second-order valence-corrected chi connectivity index (χ2v) is 4.76. The number of amides is 1. The topological polar surface area (TPSA) is 66.6 Å². The van der Waals surface area contributed by atoms with Gasteiger partial charge in [0.1, 0.15) is 0 Å². The first-order valence-corrected chi connectivity index (χ1v) is 6.05. The lowest BCUT2D eigenvalue weighted by atomic mass is 9.95. The summed E-state index contributed by atoms with van der Waals surface area (Å²) in [6.45, 7) is 1.05. The van der Waals surface area contributed by atoms with Crippen molar-refractivity contribution in [3.8, 4) is 0 Å². The summed E-state index contributed by atoms with van der Waals surface area (Å²) in [4.78, 5) is 13.7. The van der Waals surface area contributed by atoms with Gasteiger partial charge in [-0.25, -0.2) is 0 Å². The first-order chi connectivity index (χ1) is 8.20. The van der Waals surface area contributed by atoms with Crippen molar-refractivity contribution in [1.82, 2.24) is 0 Å². The summed E-state index contributed by atoms with van der Waals surface area (Å²) in [6.07, 6.45) is 1.83. The Morgan fingerprint density at radius 1 is 1.41 bits per heavy atom. The van der Waals surface area contributed by atoms with Crippen LogP contribution in [0.2, 0.25) is 0 Å². The molecule has 2 aliphatic rings. The fraction of sp³-hybridized carbons (Fsp3) is 0.462. The molecule has 0 radical (unpaired) electrons. The van der Waals surface area contributed by atoms with Crippen LogP contribution in [-0.2, 0) is 17.6 Å². The Bertz CT molecular complexity index is 485. The minimum absolute atomic E-state index is 0.181. The highest BCUT2D eigenvalue weighted by Crippen LogP contribution is 2.38. The number of nitrogens with two attached hydrogens (primary N) is 1. The van der Waals surface area contributed by atoms with E-state index < -0.39 is 6.10 Å². The third kappa shape index (κ3) is 1.56. The number of aliphatic hydroxyl groups is 1. The molecule has 90 valence electrons. The van der Waals surface area contributed by atoms with E-state index in [-0.39, 0.29) is 12.5 Å². The van der Waals surface area contributed by atoms with Crippen LogP contribution in [0.5, 0.6) is 0 Å². The SMILES string of the molecule is NCC(O)c1cc2c3c(c1)CC(=O)N3CCC2. The van der Waals surface area contributed by atoms with Crippen LogP contribution in [0.4, 0.5) is 5.69 Å². The molecule has 1 unspecified atom stereocenters. The summed E-state index contributed by atoms with van der Waals surface area (Å²) < 4.78 is 0. The van der Waals surface area contributed by atoms with Gasteiger partial charge >= 0.3 is 0 Å². The number of aryl methyl sites for hydroxylation is 1. The molecule has 0 aromatic heterocycles. The molecule has 3 N–H and O–H groups in total. The van der Waals surface area contributed by atoms with Gasteiger partial charge in [-0.3, -0.25) is 4.79 Å². The Balaban J connectivity index is 2.11. The van der Waals surface area contributed by atoms with Crippen LogP contribution in [0.3, 0.4) is 0 Å². The summed E-state index contributed by atoms with van der Waals surface area (Å²) in [5.41, 5.74) is 9.65. The fourth-order valence-electron chi connectivity index (χ4n) is 2.83. The Labute approximate surface area is 100 Å². The summed E-state index contributed by atoms with van der Waals surface area (Å²) >= 11 is 0. The van der Waals surface area contributed by atoms with Crippen molar-refractivity contribution in [2.24, 2.45) is 5.73 Å². The highest BCUT2D eigenvalue weighted by Gasteiger charge is 2.32. The smallest absolute Gasteiger partial charge is 0.231 e. The van der Waals surface area contributed by atoms with Gasteiger partial charge < -0.3 is 15.7 Å². The molecule has 4 nitrogen and oxygen atoms in total. The van der Waals surface area contributed by atoms with Crippen molar-refractivity contribution in [3.63, 3.8) is 0 Å². The van der Waals surface area contributed by atoms with Gasteiger partial charge in [0.25, 0.3) is 0 Å². The average molecular weight is 232 g/mol. The molecule has 0 bridgehead atoms. The lowest BCUT2D eigenvalue weighted by molar-refractivity contribution is -0.117. The molecular weight excluding hydrogens is 216 g/mol. The van der Waals surface area contributed by atoms with Crippen LogP contribution in [0, 0.1) is 0 Å². The quantitative estimate of drug-likeness (QED) is 0.781. The number of benzene rings is 1. The molecule has 1 aromatic carbocycles. The molecule has 0 aliphatic carbocycles. The van der Waals surface area contributed by atoms with E-state index in [1.165, 1.54) is 5.56 Å². The van der Waals surface area contributed by atoms with Gasteiger partial charge in [0.15, 0.2) is 0 Å². The zero-order valence-electron chi connectivity index (χ0n) is 9.65. The predicted molar refractivity (Wildman–Crippen MR) is 64.8 cm³/mol. The number of hydrogen-bond donors (Lipinski definition) is 2. The van der Waals surface area contributed by atoms with E-state index in [1.54, 1.807) is 0 Å². The van der Waals surface area contributed by atoms with Gasteiger partial charge in [-0.15, -0.1) is 0 Å². The van der Waals surface area contributed by atoms with Crippen molar-refractivity contribution in [1.29, 1.82) is 0 Å². The molecule has 1 atom stereocenters. The summed E-state index contributed by atoms with van der Waals surface area (Å²) in [5.74, 6) is 0.181. The number of aliphatic hydroxyl groups excluding tert-OH is 1. The second-order valence-electron chi connectivity index (χ2n) is 4.76. The summed E-state index contributed by atoms with van der Waals surface area (Å²) in [7, 11) is 0. The molecule has 2 aliphatic heterocycles. The Kier molecular flexibility index (Phi) is 2.42. The van der Waals surface area contributed by atoms with Crippen LogP contribution in [0.1, 0.15) is 29.2 Å². The van der Waals surface area contributed by atoms with E-state index in [4.69, 9.17) is 5.73 Å². The van der Waals surface area contributed by atoms with Gasteiger partial charge in [0.05, 0.1) is 18.2 Å². The van der Waals surface area contributed by atoms with Crippen molar-refractivity contribution in [3.05, 3.63) is 28.8 Å². The highest BCUT2D eigenvalue weighted by atomic mass is 16.3. The van der Waals surface area contributed by atoms with Crippen LogP contribution in [-0.4, -0.2) is 24.1 Å². The molecule has 0 saturated carbocycles. The fourth-order valence-corrected chi connectivity index (χ4v) is 2.83. The molecule has 4 heteroatoms. The molecule has 1 aromatic rings. The van der Waals surface area contributed by atoms with Crippen molar-refractivity contribution >= 4 is 11.6 Å². The molecule has 0 spiro atoms. The minimum atomic E-state index is -0.623. The molecule has 1 amide bonds. The molecule has 17 heavy (non-hydrogen) atoms. The first-order valence-electron chi connectivity index (χ1n) is 6.05. The van der Waals surface area contributed by atoms with Crippen molar-refractivity contribution < 1.29 is 9.90 Å². The summed E-state index contributed by atoms with van der Waals surface area (Å²) in [6, 6.07) is 3.93. The maximum atomic E-state index is 11.8. The number of carbonyl (C=O) groups excluding carboxylic acids is 1. The van der Waals surface area contributed by atoms with Crippen LogP contribution < -0.4 is 10.6 Å². The van der Waals surface area contributed by atoms with Crippen LogP contribution in [0.15, 0.2) is 12.1 Å². The molecule has 3 rings (SSSR count).